The Morgan fingerprint density at radius 1 is 1.32 bits per heavy atom. The lowest BCUT2D eigenvalue weighted by Crippen LogP contribution is -2.24. The molecule has 0 aliphatic carbocycles. The van der Waals surface area contributed by atoms with Crippen molar-refractivity contribution in [3.63, 3.8) is 0 Å². The van der Waals surface area contributed by atoms with Crippen molar-refractivity contribution in [3.05, 3.63) is 24.3 Å². The molecule has 0 unspecified atom stereocenters. The van der Waals surface area contributed by atoms with E-state index in [1.807, 2.05) is 31.2 Å². The molecule has 0 aliphatic rings. The number of hydrogen-bond acceptors (Lipinski definition) is 3. The molecule has 0 radical (unpaired) electrons. The first-order valence-electron chi connectivity index (χ1n) is 6.88. The third kappa shape index (κ3) is 6.25. The van der Waals surface area contributed by atoms with Crippen LogP contribution in [-0.4, -0.2) is 25.1 Å². The molecule has 0 atom stereocenters. The van der Waals surface area contributed by atoms with Gasteiger partial charge in [0.1, 0.15) is 5.75 Å². The first-order valence-corrected chi connectivity index (χ1v) is 6.88. The summed E-state index contributed by atoms with van der Waals surface area (Å²) in [5, 5.41) is 6.18. The zero-order valence-electron chi connectivity index (χ0n) is 12.0. The number of carbonyl (C=O) groups excluding carboxylic acids is 1. The van der Waals surface area contributed by atoms with Crippen LogP contribution in [0.2, 0.25) is 0 Å². The highest BCUT2D eigenvalue weighted by atomic mass is 16.5. The van der Waals surface area contributed by atoms with Gasteiger partial charge in [-0.2, -0.15) is 0 Å². The van der Waals surface area contributed by atoms with E-state index in [4.69, 9.17) is 4.74 Å². The van der Waals surface area contributed by atoms with Gasteiger partial charge in [-0.15, -0.1) is 0 Å². The molecule has 0 saturated heterocycles. The molecule has 2 N–H and O–H groups in total. The van der Waals surface area contributed by atoms with Gasteiger partial charge in [-0.3, -0.25) is 4.79 Å². The molecule has 4 heteroatoms. The van der Waals surface area contributed by atoms with Crippen molar-refractivity contribution < 1.29 is 9.53 Å². The van der Waals surface area contributed by atoms with E-state index >= 15 is 0 Å². The SMILES string of the molecule is CCOc1ccccc1NC(=O)CCCNC(C)C. The number of ether oxygens (including phenoxy) is 1. The molecule has 4 nitrogen and oxygen atoms in total. The Morgan fingerprint density at radius 2 is 2.05 bits per heavy atom. The fourth-order valence-corrected chi connectivity index (χ4v) is 1.70. The number of amides is 1. The summed E-state index contributed by atoms with van der Waals surface area (Å²) in [6, 6.07) is 7.96. The Morgan fingerprint density at radius 3 is 2.74 bits per heavy atom. The van der Waals surface area contributed by atoms with Crippen LogP contribution >= 0.6 is 0 Å². The van der Waals surface area contributed by atoms with E-state index in [9.17, 15) is 4.79 Å². The fraction of sp³-hybridized carbons (Fsp3) is 0.533. The van der Waals surface area contributed by atoms with Gasteiger partial charge in [0.25, 0.3) is 0 Å². The largest absolute Gasteiger partial charge is 0.492 e. The van der Waals surface area contributed by atoms with Crippen LogP contribution in [0.3, 0.4) is 0 Å². The highest BCUT2D eigenvalue weighted by molar-refractivity contribution is 5.92. The van der Waals surface area contributed by atoms with Crippen LogP contribution in [0.15, 0.2) is 24.3 Å². The molecule has 0 bridgehead atoms. The van der Waals surface area contributed by atoms with Crippen molar-refractivity contribution in [2.75, 3.05) is 18.5 Å². The van der Waals surface area contributed by atoms with Crippen LogP contribution < -0.4 is 15.4 Å². The maximum Gasteiger partial charge on any atom is 0.224 e. The third-order valence-electron chi connectivity index (χ3n) is 2.59. The molecule has 1 rings (SSSR count). The maximum atomic E-state index is 11.8. The van der Waals surface area contributed by atoms with Crippen LogP contribution in [0.1, 0.15) is 33.6 Å². The molecule has 0 spiro atoms. The van der Waals surface area contributed by atoms with Gasteiger partial charge in [0.2, 0.25) is 5.91 Å². The third-order valence-corrected chi connectivity index (χ3v) is 2.59. The zero-order valence-corrected chi connectivity index (χ0v) is 12.0. The number of para-hydroxylation sites is 2. The smallest absolute Gasteiger partial charge is 0.224 e. The topological polar surface area (TPSA) is 50.4 Å². The summed E-state index contributed by atoms with van der Waals surface area (Å²) in [5.41, 5.74) is 0.742. The van der Waals surface area contributed by atoms with Crippen molar-refractivity contribution in [2.24, 2.45) is 0 Å². The number of carbonyl (C=O) groups is 1. The van der Waals surface area contributed by atoms with E-state index in [2.05, 4.69) is 24.5 Å². The predicted octanol–water partition coefficient (Wildman–Crippen LogP) is 2.80. The minimum atomic E-state index is 0.0257. The van der Waals surface area contributed by atoms with Crippen LogP contribution in [0.5, 0.6) is 5.75 Å². The van der Waals surface area contributed by atoms with Gasteiger partial charge in [-0.25, -0.2) is 0 Å². The molecule has 1 aromatic carbocycles. The lowest BCUT2D eigenvalue weighted by Gasteiger charge is -2.11. The van der Waals surface area contributed by atoms with E-state index in [-0.39, 0.29) is 5.91 Å². The lowest BCUT2D eigenvalue weighted by atomic mass is 10.2. The molecule has 0 aromatic heterocycles. The van der Waals surface area contributed by atoms with E-state index in [1.54, 1.807) is 0 Å². The Hall–Kier alpha value is -1.55. The van der Waals surface area contributed by atoms with Crippen molar-refractivity contribution in [2.45, 2.75) is 39.7 Å². The monoisotopic (exact) mass is 264 g/mol. The summed E-state index contributed by atoms with van der Waals surface area (Å²) in [7, 11) is 0. The Labute approximate surface area is 115 Å². The van der Waals surface area contributed by atoms with Gasteiger partial charge in [0, 0.05) is 12.5 Å². The van der Waals surface area contributed by atoms with Crippen LogP contribution in [0, 0.1) is 0 Å². The molecule has 19 heavy (non-hydrogen) atoms. The summed E-state index contributed by atoms with van der Waals surface area (Å²) in [6.45, 7) is 7.57. The van der Waals surface area contributed by atoms with Crippen LogP contribution in [-0.2, 0) is 4.79 Å². The quantitative estimate of drug-likeness (QED) is 0.710. The summed E-state index contributed by atoms with van der Waals surface area (Å²) >= 11 is 0. The molecule has 1 aromatic rings. The Balaban J connectivity index is 2.39. The van der Waals surface area contributed by atoms with E-state index in [0.717, 1.165) is 24.4 Å². The normalized spacial score (nSPS) is 10.5. The average molecular weight is 264 g/mol. The Bertz CT molecular complexity index is 391. The van der Waals surface area contributed by atoms with Crippen LogP contribution in [0.4, 0.5) is 5.69 Å². The molecule has 1 amide bonds. The molecule has 106 valence electrons. The van der Waals surface area contributed by atoms with Gasteiger partial charge in [-0.05, 0) is 32.0 Å². The van der Waals surface area contributed by atoms with Gasteiger partial charge < -0.3 is 15.4 Å². The number of rotatable bonds is 8. The molecule has 0 saturated carbocycles. The number of anilines is 1. The second-order valence-electron chi connectivity index (χ2n) is 4.69. The first-order chi connectivity index (χ1) is 9.13. The second-order valence-corrected chi connectivity index (χ2v) is 4.69. The minimum Gasteiger partial charge on any atom is -0.492 e. The summed E-state index contributed by atoms with van der Waals surface area (Å²) in [6.07, 6.45) is 1.35. The molecule has 0 aliphatic heterocycles. The van der Waals surface area contributed by atoms with Gasteiger partial charge >= 0.3 is 0 Å². The highest BCUT2D eigenvalue weighted by Crippen LogP contribution is 2.23. The average Bonchev–Trinajstić information content (AvgIpc) is 2.37. The zero-order chi connectivity index (χ0) is 14.1. The molecule has 0 heterocycles. The second kappa shape index (κ2) is 8.53. The van der Waals surface area contributed by atoms with Gasteiger partial charge in [0.15, 0.2) is 0 Å². The minimum absolute atomic E-state index is 0.0257. The highest BCUT2D eigenvalue weighted by Gasteiger charge is 2.06. The molecule has 0 fully saturated rings. The predicted molar refractivity (Wildman–Crippen MR) is 78.6 cm³/mol. The first kappa shape index (κ1) is 15.5. The van der Waals surface area contributed by atoms with E-state index < -0.39 is 0 Å². The molecular weight excluding hydrogens is 240 g/mol. The Kier molecular flexibility index (Phi) is 6.97. The van der Waals surface area contributed by atoms with Gasteiger partial charge in [0.05, 0.1) is 12.3 Å². The lowest BCUT2D eigenvalue weighted by molar-refractivity contribution is -0.116. The molecular formula is C15H24N2O2. The van der Waals surface area contributed by atoms with Crippen molar-refractivity contribution >= 4 is 11.6 Å². The number of hydrogen-bond donors (Lipinski definition) is 2. The van der Waals surface area contributed by atoms with Crippen LogP contribution in [0.25, 0.3) is 0 Å². The summed E-state index contributed by atoms with van der Waals surface area (Å²) in [5.74, 6) is 0.747. The summed E-state index contributed by atoms with van der Waals surface area (Å²) in [4.78, 5) is 11.8. The van der Waals surface area contributed by atoms with Gasteiger partial charge in [-0.1, -0.05) is 26.0 Å². The summed E-state index contributed by atoms with van der Waals surface area (Å²) < 4.78 is 5.47. The maximum absolute atomic E-state index is 11.8. The van der Waals surface area contributed by atoms with Crippen molar-refractivity contribution in [1.82, 2.24) is 5.32 Å². The van der Waals surface area contributed by atoms with E-state index in [1.165, 1.54) is 0 Å². The number of nitrogens with one attached hydrogen (secondary N) is 2. The van der Waals surface area contributed by atoms with Crippen molar-refractivity contribution in [1.29, 1.82) is 0 Å². The fourth-order valence-electron chi connectivity index (χ4n) is 1.70. The van der Waals surface area contributed by atoms with E-state index in [0.29, 0.717) is 19.1 Å². The van der Waals surface area contributed by atoms with Crippen molar-refractivity contribution in [3.8, 4) is 5.75 Å². The standard InChI is InChI=1S/C15H24N2O2/c1-4-19-14-9-6-5-8-13(14)17-15(18)10-7-11-16-12(2)3/h5-6,8-9,12,16H,4,7,10-11H2,1-3H3,(H,17,18). The number of benzene rings is 1.